The number of primary amides is 1. The summed E-state index contributed by atoms with van der Waals surface area (Å²) in [6.45, 7) is 1.51. The number of anilines is 1. The van der Waals surface area contributed by atoms with E-state index in [2.05, 4.69) is 20.8 Å². The first-order valence-electron chi connectivity index (χ1n) is 8.41. The summed E-state index contributed by atoms with van der Waals surface area (Å²) in [6, 6.07) is 10.7. The molecule has 29 heavy (non-hydrogen) atoms. The van der Waals surface area contributed by atoms with Crippen LogP contribution in [-0.4, -0.2) is 40.2 Å². The van der Waals surface area contributed by atoms with Crippen LogP contribution in [-0.2, 0) is 9.59 Å². The summed E-state index contributed by atoms with van der Waals surface area (Å²) in [5, 5.41) is 9.20. The van der Waals surface area contributed by atoms with Gasteiger partial charge in [-0.1, -0.05) is 46.8 Å². The highest BCUT2D eigenvalue weighted by atomic mass is 32.2. The van der Waals surface area contributed by atoms with Crippen molar-refractivity contribution in [1.29, 1.82) is 0 Å². The molecule has 0 saturated carbocycles. The number of thioether (sulfide) groups is 1. The average molecular weight is 431 g/mol. The topological polar surface area (TPSA) is 140 Å². The predicted octanol–water partition coefficient (Wildman–Crippen LogP) is 2.05. The molecule has 11 heteroatoms. The molecule has 0 aliphatic heterocycles. The van der Waals surface area contributed by atoms with Crippen molar-refractivity contribution in [3.63, 3.8) is 0 Å². The minimum absolute atomic E-state index is 0.0758. The van der Waals surface area contributed by atoms with Crippen LogP contribution in [0.5, 0.6) is 0 Å². The van der Waals surface area contributed by atoms with Gasteiger partial charge in [-0.25, -0.2) is 4.98 Å². The van der Waals surface area contributed by atoms with E-state index in [1.165, 1.54) is 29.2 Å². The molecule has 3 amide bonds. The Balaban J connectivity index is 1.52. The van der Waals surface area contributed by atoms with Gasteiger partial charge in [-0.15, -0.1) is 11.8 Å². The number of carbonyl (C=O) groups is 3. The van der Waals surface area contributed by atoms with Crippen molar-refractivity contribution in [2.45, 2.75) is 11.1 Å². The summed E-state index contributed by atoms with van der Waals surface area (Å²) in [5.74, 6) is -0.807. The highest BCUT2D eigenvalue weighted by molar-refractivity contribution is 8.01. The number of benzene rings is 1. The van der Waals surface area contributed by atoms with Gasteiger partial charge in [-0.05, 0) is 6.92 Å². The fourth-order valence-corrected chi connectivity index (χ4v) is 4.14. The van der Waals surface area contributed by atoms with Crippen LogP contribution in [0.3, 0.4) is 0 Å². The van der Waals surface area contributed by atoms with Gasteiger partial charge in [0.15, 0.2) is 16.6 Å². The van der Waals surface area contributed by atoms with Crippen LogP contribution in [0.25, 0.3) is 11.3 Å². The molecule has 1 aromatic carbocycles. The van der Waals surface area contributed by atoms with Crippen LogP contribution in [0, 0.1) is 6.92 Å². The molecule has 0 bridgehead atoms. The van der Waals surface area contributed by atoms with Gasteiger partial charge >= 0.3 is 0 Å². The number of aromatic nitrogens is 2. The molecule has 0 unspecified atom stereocenters. The fourth-order valence-electron chi connectivity index (χ4n) is 2.24. The quantitative estimate of drug-likeness (QED) is 0.464. The van der Waals surface area contributed by atoms with E-state index < -0.39 is 17.7 Å². The Labute approximate surface area is 174 Å². The number of amides is 3. The molecule has 0 radical (unpaired) electrons. The van der Waals surface area contributed by atoms with Gasteiger partial charge in [0.25, 0.3) is 5.91 Å². The Morgan fingerprint density at radius 1 is 1.24 bits per heavy atom. The van der Waals surface area contributed by atoms with Crippen molar-refractivity contribution in [2.75, 3.05) is 17.6 Å². The van der Waals surface area contributed by atoms with Crippen molar-refractivity contribution >= 4 is 46.0 Å². The van der Waals surface area contributed by atoms with Crippen LogP contribution in [0.2, 0.25) is 0 Å². The number of thiazole rings is 1. The normalized spacial score (nSPS) is 10.5. The first-order valence-corrected chi connectivity index (χ1v) is 10.2. The largest absolute Gasteiger partial charge is 0.369 e. The van der Waals surface area contributed by atoms with Crippen LogP contribution < -0.4 is 16.4 Å². The second-order valence-electron chi connectivity index (χ2n) is 5.82. The summed E-state index contributed by atoms with van der Waals surface area (Å²) >= 11 is 2.49. The molecule has 9 nitrogen and oxygen atoms in total. The number of nitrogens with zero attached hydrogens (tertiary/aromatic N) is 2. The molecule has 0 saturated heterocycles. The van der Waals surface area contributed by atoms with Crippen molar-refractivity contribution in [1.82, 2.24) is 15.5 Å². The second-order valence-corrected chi connectivity index (χ2v) is 8.06. The summed E-state index contributed by atoms with van der Waals surface area (Å²) in [5.41, 5.74) is 6.69. The van der Waals surface area contributed by atoms with Crippen molar-refractivity contribution in [3.8, 4) is 11.3 Å². The third-order valence-corrected chi connectivity index (χ3v) is 6.01. The lowest BCUT2D eigenvalue weighted by atomic mass is 10.1. The Hall–Kier alpha value is -3.18. The molecule has 150 valence electrons. The highest BCUT2D eigenvalue weighted by Crippen LogP contribution is 2.31. The second kappa shape index (κ2) is 9.34. The summed E-state index contributed by atoms with van der Waals surface area (Å²) in [7, 11) is 0. The van der Waals surface area contributed by atoms with Gasteiger partial charge < -0.3 is 20.9 Å². The van der Waals surface area contributed by atoms with E-state index in [0.29, 0.717) is 16.6 Å². The average Bonchev–Trinajstić information content (AvgIpc) is 3.32. The van der Waals surface area contributed by atoms with Crippen LogP contribution in [0.4, 0.5) is 5.13 Å². The van der Waals surface area contributed by atoms with Gasteiger partial charge in [0.05, 0.1) is 22.2 Å². The van der Waals surface area contributed by atoms with E-state index in [9.17, 15) is 14.4 Å². The number of nitrogens with two attached hydrogens (primary N) is 1. The lowest BCUT2D eigenvalue weighted by Gasteiger charge is -2.02. The summed E-state index contributed by atoms with van der Waals surface area (Å²) < 4.78 is 5.97. The van der Waals surface area contributed by atoms with Crippen molar-refractivity contribution < 1.29 is 18.9 Å². The maximum absolute atomic E-state index is 12.2. The standard InChI is InChI=1S/C18H17N5O4S2/c1-10-17(28-9-14(19)24)29-18(21-10)22-15(25)8-20-16(26)12-7-13(27-23-12)11-5-3-2-4-6-11/h2-7H,8-9H2,1H3,(H2,19,24)(H,20,26)(H,21,22,25). The first kappa shape index (κ1) is 20.6. The lowest BCUT2D eigenvalue weighted by molar-refractivity contribution is -0.116. The van der Waals surface area contributed by atoms with Gasteiger partial charge in [-0.3, -0.25) is 14.4 Å². The summed E-state index contributed by atoms with van der Waals surface area (Å²) in [6.07, 6.45) is 0. The maximum Gasteiger partial charge on any atom is 0.273 e. The third kappa shape index (κ3) is 5.65. The first-order chi connectivity index (χ1) is 13.9. The summed E-state index contributed by atoms with van der Waals surface area (Å²) in [4.78, 5) is 39.4. The number of hydrogen-bond donors (Lipinski definition) is 3. The molecule has 0 aliphatic carbocycles. The monoisotopic (exact) mass is 431 g/mol. The van der Waals surface area contributed by atoms with E-state index in [-0.39, 0.29) is 18.0 Å². The number of nitrogens with one attached hydrogen (secondary N) is 2. The van der Waals surface area contributed by atoms with Crippen molar-refractivity contribution in [2.24, 2.45) is 5.73 Å². The van der Waals surface area contributed by atoms with Gasteiger partial charge in [0.1, 0.15) is 0 Å². The van der Waals surface area contributed by atoms with Crippen molar-refractivity contribution in [3.05, 3.63) is 47.8 Å². The van der Waals surface area contributed by atoms with E-state index in [1.807, 2.05) is 30.3 Å². The molecule has 3 aromatic rings. The molecule has 2 aromatic heterocycles. The third-order valence-electron chi connectivity index (χ3n) is 3.56. The SMILES string of the molecule is Cc1nc(NC(=O)CNC(=O)c2cc(-c3ccccc3)on2)sc1SCC(N)=O. The molecule has 3 rings (SSSR count). The molecule has 0 aliphatic rings. The molecular formula is C18H17N5O4S2. The molecule has 4 N–H and O–H groups in total. The van der Waals surface area contributed by atoms with Gasteiger partial charge in [0.2, 0.25) is 11.8 Å². The van der Waals surface area contributed by atoms with E-state index in [1.54, 1.807) is 6.92 Å². The highest BCUT2D eigenvalue weighted by Gasteiger charge is 2.16. The zero-order valence-corrected chi connectivity index (χ0v) is 16.9. The van der Waals surface area contributed by atoms with Crippen LogP contribution in [0.15, 0.2) is 45.1 Å². The minimum atomic E-state index is -0.529. The van der Waals surface area contributed by atoms with E-state index in [0.717, 1.165) is 9.77 Å². The lowest BCUT2D eigenvalue weighted by Crippen LogP contribution is -2.33. The van der Waals surface area contributed by atoms with Crippen LogP contribution in [0.1, 0.15) is 16.2 Å². The number of aryl methyl sites for hydroxylation is 1. The fraction of sp³-hybridized carbons (Fsp3) is 0.167. The zero-order valence-electron chi connectivity index (χ0n) is 15.3. The number of rotatable bonds is 8. The molecule has 2 heterocycles. The van der Waals surface area contributed by atoms with Gasteiger partial charge in [-0.2, -0.15) is 0 Å². The zero-order chi connectivity index (χ0) is 20.8. The molecular weight excluding hydrogens is 414 g/mol. The minimum Gasteiger partial charge on any atom is -0.369 e. The molecule has 0 atom stereocenters. The van der Waals surface area contributed by atoms with E-state index >= 15 is 0 Å². The molecule has 0 spiro atoms. The van der Waals surface area contributed by atoms with Crippen LogP contribution >= 0.6 is 23.1 Å². The van der Waals surface area contributed by atoms with E-state index in [4.69, 9.17) is 10.3 Å². The Bertz CT molecular complexity index is 1030. The Kier molecular flexibility index (Phi) is 6.62. The predicted molar refractivity (Wildman–Crippen MR) is 110 cm³/mol. The van der Waals surface area contributed by atoms with Gasteiger partial charge in [0, 0.05) is 11.6 Å². The number of carbonyl (C=O) groups excluding carboxylic acids is 3. The number of hydrogen-bond acceptors (Lipinski definition) is 8. The Morgan fingerprint density at radius 2 is 2.00 bits per heavy atom. The maximum atomic E-state index is 12.2. The molecule has 0 fully saturated rings. The Morgan fingerprint density at radius 3 is 2.72 bits per heavy atom. The smallest absolute Gasteiger partial charge is 0.273 e.